The lowest BCUT2D eigenvalue weighted by Gasteiger charge is -2.23. The van der Waals surface area contributed by atoms with Gasteiger partial charge in [0.2, 0.25) is 0 Å². The van der Waals surface area contributed by atoms with Crippen LogP contribution >= 0.6 is 34.7 Å². The molecule has 0 unspecified atom stereocenters. The van der Waals surface area contributed by atoms with E-state index in [4.69, 9.17) is 22.7 Å². The van der Waals surface area contributed by atoms with Crippen molar-refractivity contribution in [2.75, 3.05) is 17.7 Å². The first-order valence-corrected chi connectivity index (χ1v) is 8.76. The molecule has 0 aliphatic heterocycles. The number of thiophene rings is 1. The van der Waals surface area contributed by atoms with Gasteiger partial charge in [0.25, 0.3) is 0 Å². The Kier molecular flexibility index (Phi) is 5.56. The molecule has 0 aliphatic carbocycles. The SMILES string of the molecule is CCSc1cccc(N(C)Cc2ccc(Cl)s2)c1C(=N)N. The second-order valence-electron chi connectivity index (χ2n) is 4.56. The van der Waals surface area contributed by atoms with Gasteiger partial charge in [0.15, 0.2) is 0 Å². The highest BCUT2D eigenvalue weighted by Crippen LogP contribution is 2.31. The van der Waals surface area contributed by atoms with Crippen LogP contribution in [0.2, 0.25) is 4.34 Å². The summed E-state index contributed by atoms with van der Waals surface area (Å²) in [4.78, 5) is 4.35. The van der Waals surface area contributed by atoms with Crippen LogP contribution in [-0.4, -0.2) is 18.6 Å². The van der Waals surface area contributed by atoms with Crippen LogP contribution < -0.4 is 10.6 Å². The minimum atomic E-state index is 0.109. The molecule has 3 N–H and O–H groups in total. The van der Waals surface area contributed by atoms with Crippen LogP contribution in [0.15, 0.2) is 35.2 Å². The zero-order valence-corrected chi connectivity index (χ0v) is 14.4. The average Bonchev–Trinajstić information content (AvgIpc) is 2.84. The van der Waals surface area contributed by atoms with Gasteiger partial charge >= 0.3 is 0 Å². The molecule has 112 valence electrons. The second kappa shape index (κ2) is 7.20. The number of thioether (sulfide) groups is 1. The van der Waals surface area contributed by atoms with Crippen molar-refractivity contribution < 1.29 is 0 Å². The summed E-state index contributed by atoms with van der Waals surface area (Å²) >= 11 is 9.26. The van der Waals surface area contributed by atoms with E-state index in [-0.39, 0.29) is 5.84 Å². The zero-order chi connectivity index (χ0) is 15.4. The van der Waals surface area contributed by atoms with Crippen molar-refractivity contribution >= 4 is 46.2 Å². The maximum absolute atomic E-state index is 7.89. The van der Waals surface area contributed by atoms with Crippen LogP contribution in [-0.2, 0) is 6.54 Å². The fraction of sp³-hybridized carbons (Fsp3) is 0.267. The summed E-state index contributed by atoms with van der Waals surface area (Å²) in [6.45, 7) is 2.84. The summed E-state index contributed by atoms with van der Waals surface area (Å²) in [5, 5.41) is 7.89. The normalized spacial score (nSPS) is 10.6. The summed E-state index contributed by atoms with van der Waals surface area (Å²) in [6.07, 6.45) is 0. The number of anilines is 1. The van der Waals surface area contributed by atoms with Gasteiger partial charge in [-0.15, -0.1) is 23.1 Å². The van der Waals surface area contributed by atoms with E-state index in [1.165, 1.54) is 4.88 Å². The number of nitrogen functional groups attached to an aromatic ring is 1. The first-order chi connectivity index (χ1) is 10.0. The van der Waals surface area contributed by atoms with Crippen LogP contribution in [0.25, 0.3) is 0 Å². The molecule has 21 heavy (non-hydrogen) atoms. The average molecular weight is 340 g/mol. The summed E-state index contributed by atoms with van der Waals surface area (Å²) in [6, 6.07) is 9.97. The molecule has 2 rings (SSSR count). The lowest BCUT2D eigenvalue weighted by molar-refractivity contribution is 0.934. The minimum Gasteiger partial charge on any atom is -0.384 e. The van der Waals surface area contributed by atoms with E-state index in [1.807, 2.05) is 37.4 Å². The van der Waals surface area contributed by atoms with Crippen LogP contribution in [0.4, 0.5) is 5.69 Å². The minimum absolute atomic E-state index is 0.109. The Morgan fingerprint density at radius 2 is 2.14 bits per heavy atom. The third-order valence-electron chi connectivity index (χ3n) is 3.01. The Hall–Kier alpha value is -1.17. The highest BCUT2D eigenvalue weighted by Gasteiger charge is 2.15. The first-order valence-electron chi connectivity index (χ1n) is 6.58. The summed E-state index contributed by atoms with van der Waals surface area (Å²) < 4.78 is 0.792. The van der Waals surface area contributed by atoms with Gasteiger partial charge in [-0.25, -0.2) is 0 Å². The molecule has 6 heteroatoms. The van der Waals surface area contributed by atoms with E-state index >= 15 is 0 Å². The van der Waals surface area contributed by atoms with Gasteiger partial charge in [0, 0.05) is 22.5 Å². The largest absolute Gasteiger partial charge is 0.384 e. The molecule has 2 aromatic rings. The monoisotopic (exact) mass is 339 g/mol. The molecule has 0 amide bonds. The van der Waals surface area contributed by atoms with E-state index in [9.17, 15) is 0 Å². The van der Waals surface area contributed by atoms with E-state index < -0.39 is 0 Å². The smallest absolute Gasteiger partial charge is 0.126 e. The Morgan fingerprint density at radius 1 is 1.38 bits per heavy atom. The third kappa shape index (κ3) is 3.93. The number of halogens is 1. The third-order valence-corrected chi connectivity index (χ3v) is 5.16. The number of amidine groups is 1. The second-order valence-corrected chi connectivity index (χ2v) is 7.66. The Labute approximate surface area is 138 Å². The fourth-order valence-corrected chi connectivity index (χ4v) is 4.13. The molecule has 3 nitrogen and oxygen atoms in total. The van der Waals surface area contributed by atoms with Gasteiger partial charge in [0.05, 0.1) is 16.4 Å². The molecule has 1 heterocycles. The number of rotatable bonds is 6. The van der Waals surface area contributed by atoms with Crippen molar-refractivity contribution in [3.63, 3.8) is 0 Å². The highest BCUT2D eigenvalue weighted by molar-refractivity contribution is 7.99. The van der Waals surface area contributed by atoms with Gasteiger partial charge in [-0.05, 0) is 30.0 Å². The Morgan fingerprint density at radius 3 is 2.71 bits per heavy atom. The Balaban J connectivity index is 2.33. The summed E-state index contributed by atoms with van der Waals surface area (Å²) in [5.74, 6) is 1.06. The van der Waals surface area contributed by atoms with Crippen LogP contribution in [0.3, 0.4) is 0 Å². The zero-order valence-electron chi connectivity index (χ0n) is 12.0. The topological polar surface area (TPSA) is 53.1 Å². The van der Waals surface area contributed by atoms with Crippen molar-refractivity contribution in [1.82, 2.24) is 0 Å². The van der Waals surface area contributed by atoms with E-state index in [0.29, 0.717) is 0 Å². The molecule has 1 aromatic carbocycles. The summed E-state index contributed by atoms with van der Waals surface area (Å²) in [7, 11) is 2.01. The van der Waals surface area contributed by atoms with Crippen molar-refractivity contribution in [3.05, 3.63) is 45.1 Å². The van der Waals surface area contributed by atoms with Gasteiger partial charge in [-0.3, -0.25) is 5.41 Å². The van der Waals surface area contributed by atoms with Crippen molar-refractivity contribution in [1.29, 1.82) is 5.41 Å². The molecule has 1 aromatic heterocycles. The predicted molar refractivity (Wildman–Crippen MR) is 95.3 cm³/mol. The molecular weight excluding hydrogens is 322 g/mol. The van der Waals surface area contributed by atoms with E-state index in [0.717, 1.165) is 32.8 Å². The molecule has 0 saturated heterocycles. The quantitative estimate of drug-likeness (QED) is 0.465. The molecular formula is C15H18ClN3S2. The van der Waals surface area contributed by atoms with Gasteiger partial charge in [-0.1, -0.05) is 24.6 Å². The van der Waals surface area contributed by atoms with Crippen LogP contribution in [0, 0.1) is 5.41 Å². The maximum atomic E-state index is 7.89. The number of nitrogens with two attached hydrogens (primary N) is 1. The molecule has 0 atom stereocenters. The standard InChI is InChI=1S/C15H18ClN3S2/c1-3-20-12-6-4-5-11(14(12)15(17)18)19(2)9-10-7-8-13(16)21-10/h4-8H,3,9H2,1-2H3,(H3,17,18). The number of nitrogens with zero attached hydrogens (tertiary/aromatic N) is 1. The molecule has 0 saturated carbocycles. The highest BCUT2D eigenvalue weighted by atomic mass is 35.5. The van der Waals surface area contributed by atoms with Crippen molar-refractivity contribution in [2.24, 2.45) is 5.73 Å². The predicted octanol–water partition coefficient (Wildman–Crippen LogP) is 4.43. The number of hydrogen-bond acceptors (Lipinski definition) is 4. The van der Waals surface area contributed by atoms with E-state index in [1.54, 1.807) is 23.1 Å². The maximum Gasteiger partial charge on any atom is 0.126 e. The number of benzene rings is 1. The molecule has 0 bridgehead atoms. The Bertz CT molecular complexity index is 640. The van der Waals surface area contributed by atoms with Crippen LogP contribution in [0.1, 0.15) is 17.4 Å². The molecule has 0 spiro atoms. The van der Waals surface area contributed by atoms with Gasteiger partial charge < -0.3 is 10.6 Å². The van der Waals surface area contributed by atoms with Crippen molar-refractivity contribution in [2.45, 2.75) is 18.4 Å². The molecule has 0 radical (unpaired) electrons. The molecule has 0 fully saturated rings. The first kappa shape index (κ1) is 16.2. The van der Waals surface area contributed by atoms with Gasteiger partial charge in [0.1, 0.15) is 5.84 Å². The van der Waals surface area contributed by atoms with Gasteiger partial charge in [-0.2, -0.15) is 0 Å². The van der Waals surface area contributed by atoms with Crippen molar-refractivity contribution in [3.8, 4) is 0 Å². The molecule has 0 aliphatic rings. The number of nitrogens with one attached hydrogen (secondary N) is 1. The number of hydrogen-bond donors (Lipinski definition) is 2. The summed E-state index contributed by atoms with van der Waals surface area (Å²) in [5.41, 5.74) is 7.60. The lowest BCUT2D eigenvalue weighted by Crippen LogP contribution is -2.22. The van der Waals surface area contributed by atoms with Crippen LogP contribution in [0.5, 0.6) is 0 Å². The van der Waals surface area contributed by atoms with E-state index in [2.05, 4.69) is 11.8 Å². The fourth-order valence-electron chi connectivity index (χ4n) is 2.14. The lowest BCUT2D eigenvalue weighted by atomic mass is 10.1.